The van der Waals surface area contributed by atoms with Crippen LogP contribution < -0.4 is 15.8 Å². The van der Waals surface area contributed by atoms with Crippen molar-refractivity contribution in [1.82, 2.24) is 5.32 Å². The second-order valence-electron chi connectivity index (χ2n) is 6.54. The van der Waals surface area contributed by atoms with Crippen molar-refractivity contribution in [3.8, 4) is 5.75 Å². The third-order valence-corrected chi connectivity index (χ3v) is 4.58. The summed E-state index contributed by atoms with van der Waals surface area (Å²) in [7, 11) is 0. The van der Waals surface area contributed by atoms with Crippen LogP contribution in [0.4, 0.5) is 0 Å². The highest BCUT2D eigenvalue weighted by Gasteiger charge is 2.10. The lowest BCUT2D eigenvalue weighted by molar-refractivity contribution is -0.120. The van der Waals surface area contributed by atoms with Crippen LogP contribution in [-0.2, 0) is 30.6 Å². The predicted molar refractivity (Wildman–Crippen MR) is 99.6 cm³/mol. The number of rotatable bonds is 7. The van der Waals surface area contributed by atoms with Crippen molar-refractivity contribution in [2.24, 2.45) is 5.73 Å². The molecule has 1 amide bonds. The van der Waals surface area contributed by atoms with E-state index in [1.54, 1.807) is 0 Å². The molecule has 2 aromatic rings. The molecule has 0 bridgehead atoms. The van der Waals surface area contributed by atoms with Gasteiger partial charge in [0.25, 0.3) is 0 Å². The van der Waals surface area contributed by atoms with Crippen LogP contribution in [0.3, 0.4) is 0 Å². The molecule has 0 heterocycles. The molecule has 25 heavy (non-hydrogen) atoms. The summed E-state index contributed by atoms with van der Waals surface area (Å²) in [5.41, 5.74) is 10.5. The molecule has 0 unspecified atom stereocenters. The number of amides is 1. The largest absolute Gasteiger partial charge is 0.492 e. The molecule has 132 valence electrons. The molecule has 0 aliphatic heterocycles. The minimum atomic E-state index is 0.0355. The normalized spacial score (nSPS) is 13.2. The van der Waals surface area contributed by atoms with E-state index in [0.29, 0.717) is 26.1 Å². The Morgan fingerprint density at radius 3 is 2.48 bits per heavy atom. The zero-order valence-electron chi connectivity index (χ0n) is 14.6. The Hall–Kier alpha value is -2.33. The molecule has 0 saturated heterocycles. The number of ether oxygens (including phenoxy) is 1. The van der Waals surface area contributed by atoms with Gasteiger partial charge in [-0.1, -0.05) is 30.3 Å². The molecular weight excluding hydrogens is 312 g/mol. The van der Waals surface area contributed by atoms with Crippen molar-refractivity contribution in [3.63, 3.8) is 0 Å². The van der Waals surface area contributed by atoms with Crippen LogP contribution in [0.15, 0.2) is 42.5 Å². The summed E-state index contributed by atoms with van der Waals surface area (Å²) < 4.78 is 5.44. The molecule has 0 radical (unpaired) electrons. The van der Waals surface area contributed by atoms with E-state index in [-0.39, 0.29) is 5.91 Å². The Morgan fingerprint density at radius 2 is 1.72 bits per heavy atom. The third kappa shape index (κ3) is 5.07. The molecule has 0 saturated carbocycles. The SMILES string of the molecule is NCCOc1ccc(CC(=O)NCc2ccc3c(c2)CCCC3)cc1. The van der Waals surface area contributed by atoms with Gasteiger partial charge in [0.1, 0.15) is 12.4 Å². The molecule has 0 aromatic heterocycles. The van der Waals surface area contributed by atoms with Crippen molar-refractivity contribution < 1.29 is 9.53 Å². The summed E-state index contributed by atoms with van der Waals surface area (Å²) in [6.07, 6.45) is 5.29. The van der Waals surface area contributed by atoms with Crippen molar-refractivity contribution in [3.05, 3.63) is 64.7 Å². The quantitative estimate of drug-likeness (QED) is 0.816. The highest BCUT2D eigenvalue weighted by atomic mass is 16.5. The smallest absolute Gasteiger partial charge is 0.224 e. The number of hydrogen-bond acceptors (Lipinski definition) is 3. The van der Waals surface area contributed by atoms with E-state index < -0.39 is 0 Å². The van der Waals surface area contributed by atoms with Crippen LogP contribution in [0.1, 0.15) is 35.1 Å². The first-order chi connectivity index (χ1) is 12.2. The molecule has 0 spiro atoms. The summed E-state index contributed by atoms with van der Waals surface area (Å²) in [4.78, 5) is 12.2. The van der Waals surface area contributed by atoms with E-state index in [2.05, 4.69) is 23.5 Å². The Bertz CT molecular complexity index is 710. The summed E-state index contributed by atoms with van der Waals surface area (Å²) in [5, 5.41) is 3.02. The van der Waals surface area contributed by atoms with Crippen molar-refractivity contribution in [2.45, 2.75) is 38.6 Å². The second kappa shape index (κ2) is 8.67. The third-order valence-electron chi connectivity index (χ3n) is 4.58. The molecule has 0 atom stereocenters. The average Bonchev–Trinajstić information content (AvgIpc) is 2.65. The van der Waals surface area contributed by atoms with Crippen molar-refractivity contribution in [1.29, 1.82) is 0 Å². The first-order valence-electron chi connectivity index (χ1n) is 9.04. The maximum absolute atomic E-state index is 12.2. The molecule has 2 aromatic carbocycles. The van der Waals surface area contributed by atoms with Gasteiger partial charge in [-0.2, -0.15) is 0 Å². The topological polar surface area (TPSA) is 64.3 Å². The van der Waals surface area contributed by atoms with Crippen LogP contribution in [0.25, 0.3) is 0 Å². The first kappa shape index (κ1) is 17.5. The highest BCUT2D eigenvalue weighted by molar-refractivity contribution is 5.78. The fraction of sp³-hybridized carbons (Fsp3) is 0.381. The minimum absolute atomic E-state index is 0.0355. The van der Waals surface area contributed by atoms with E-state index in [9.17, 15) is 4.79 Å². The number of nitrogens with one attached hydrogen (secondary N) is 1. The van der Waals surface area contributed by atoms with Gasteiger partial charge >= 0.3 is 0 Å². The van der Waals surface area contributed by atoms with Crippen LogP contribution in [0.2, 0.25) is 0 Å². The van der Waals surface area contributed by atoms with E-state index in [1.165, 1.54) is 36.0 Å². The number of carbonyl (C=O) groups excluding carboxylic acids is 1. The predicted octanol–water partition coefficient (Wildman–Crippen LogP) is 2.76. The number of aryl methyl sites for hydroxylation is 2. The number of hydrogen-bond donors (Lipinski definition) is 2. The molecule has 1 aliphatic rings. The van der Waals surface area contributed by atoms with Gasteiger partial charge in [0.15, 0.2) is 0 Å². The number of nitrogens with two attached hydrogens (primary N) is 1. The summed E-state index contributed by atoms with van der Waals surface area (Å²) in [5.74, 6) is 0.817. The van der Waals surface area contributed by atoms with Gasteiger partial charge in [0, 0.05) is 13.1 Å². The van der Waals surface area contributed by atoms with Crippen LogP contribution in [0.5, 0.6) is 5.75 Å². The molecular formula is C21H26N2O2. The summed E-state index contributed by atoms with van der Waals surface area (Å²) in [6, 6.07) is 14.2. The maximum atomic E-state index is 12.2. The average molecular weight is 338 g/mol. The lowest BCUT2D eigenvalue weighted by atomic mass is 9.90. The van der Waals surface area contributed by atoms with E-state index >= 15 is 0 Å². The van der Waals surface area contributed by atoms with E-state index in [1.807, 2.05) is 24.3 Å². The van der Waals surface area contributed by atoms with Gasteiger partial charge in [-0.05, 0) is 60.1 Å². The molecule has 4 heteroatoms. The van der Waals surface area contributed by atoms with Gasteiger partial charge in [0.2, 0.25) is 5.91 Å². The van der Waals surface area contributed by atoms with Crippen LogP contribution in [-0.4, -0.2) is 19.1 Å². The number of benzene rings is 2. The van der Waals surface area contributed by atoms with Gasteiger partial charge in [-0.15, -0.1) is 0 Å². The molecule has 1 aliphatic carbocycles. The van der Waals surface area contributed by atoms with E-state index in [4.69, 9.17) is 10.5 Å². The summed E-state index contributed by atoms with van der Waals surface area (Å²) >= 11 is 0. The van der Waals surface area contributed by atoms with Crippen LogP contribution >= 0.6 is 0 Å². The number of fused-ring (bicyclic) bond motifs is 1. The Morgan fingerprint density at radius 1 is 1.00 bits per heavy atom. The highest BCUT2D eigenvalue weighted by Crippen LogP contribution is 2.22. The molecule has 4 nitrogen and oxygen atoms in total. The minimum Gasteiger partial charge on any atom is -0.492 e. The standard InChI is InChI=1S/C21H26N2O2/c22-11-12-25-20-9-6-16(7-10-20)14-21(24)23-15-17-5-8-18-3-1-2-4-19(18)13-17/h5-10,13H,1-4,11-12,14-15,22H2,(H,23,24). The van der Waals surface area contributed by atoms with Crippen molar-refractivity contribution in [2.75, 3.05) is 13.2 Å². The Labute approximate surface area is 149 Å². The van der Waals surface area contributed by atoms with Gasteiger partial charge < -0.3 is 15.8 Å². The first-order valence-corrected chi connectivity index (χ1v) is 9.04. The van der Waals surface area contributed by atoms with Gasteiger partial charge in [-0.3, -0.25) is 4.79 Å². The van der Waals surface area contributed by atoms with Crippen LogP contribution in [0, 0.1) is 0 Å². The lowest BCUT2D eigenvalue weighted by Crippen LogP contribution is -2.24. The second-order valence-corrected chi connectivity index (χ2v) is 6.54. The fourth-order valence-corrected chi connectivity index (χ4v) is 3.23. The monoisotopic (exact) mass is 338 g/mol. The number of carbonyl (C=O) groups is 1. The zero-order chi connectivity index (χ0) is 17.5. The van der Waals surface area contributed by atoms with Gasteiger partial charge in [0.05, 0.1) is 6.42 Å². The Kier molecular flexibility index (Phi) is 6.07. The lowest BCUT2D eigenvalue weighted by Gasteiger charge is -2.16. The molecule has 3 rings (SSSR count). The molecule has 0 fully saturated rings. The Balaban J connectivity index is 1.49. The zero-order valence-corrected chi connectivity index (χ0v) is 14.6. The van der Waals surface area contributed by atoms with E-state index in [0.717, 1.165) is 17.7 Å². The van der Waals surface area contributed by atoms with Crippen molar-refractivity contribution >= 4 is 5.91 Å². The molecule has 3 N–H and O–H groups in total. The fourth-order valence-electron chi connectivity index (χ4n) is 3.23. The van der Waals surface area contributed by atoms with Gasteiger partial charge in [-0.25, -0.2) is 0 Å². The maximum Gasteiger partial charge on any atom is 0.224 e. The summed E-state index contributed by atoms with van der Waals surface area (Å²) in [6.45, 7) is 1.58.